The van der Waals surface area contributed by atoms with E-state index in [0.29, 0.717) is 0 Å². The maximum absolute atomic E-state index is 13.4. The first-order valence-electron chi connectivity index (χ1n) is 6.90. The Bertz CT molecular complexity index is 610. The van der Waals surface area contributed by atoms with Crippen LogP contribution in [0.4, 0.5) is 10.1 Å². The summed E-state index contributed by atoms with van der Waals surface area (Å²) in [6.45, 7) is 4.15. The third kappa shape index (κ3) is 4.39. The van der Waals surface area contributed by atoms with Crippen molar-refractivity contribution in [3.8, 4) is 0 Å². The van der Waals surface area contributed by atoms with Gasteiger partial charge in [-0.1, -0.05) is 42.0 Å². The topological polar surface area (TPSA) is 41.1 Å². The molecule has 1 unspecified atom stereocenters. The molecule has 0 aliphatic heterocycles. The fraction of sp³-hybridized carbons (Fsp3) is 0.235. The lowest BCUT2D eigenvalue weighted by Crippen LogP contribution is -2.30. The van der Waals surface area contributed by atoms with Gasteiger partial charge in [0, 0.05) is 6.04 Å². The van der Waals surface area contributed by atoms with Crippen molar-refractivity contribution in [2.45, 2.75) is 19.9 Å². The molecule has 0 heterocycles. The van der Waals surface area contributed by atoms with Crippen LogP contribution in [0.3, 0.4) is 0 Å². The lowest BCUT2D eigenvalue weighted by atomic mass is 10.1. The summed E-state index contributed by atoms with van der Waals surface area (Å²) in [5, 5.41) is 5.67. The first kappa shape index (κ1) is 15.2. The number of carbonyl (C=O) groups is 1. The number of benzene rings is 2. The van der Waals surface area contributed by atoms with Crippen LogP contribution in [-0.4, -0.2) is 12.5 Å². The Morgan fingerprint density at radius 1 is 1.14 bits per heavy atom. The monoisotopic (exact) mass is 286 g/mol. The number of halogens is 1. The van der Waals surface area contributed by atoms with Crippen molar-refractivity contribution in [3.63, 3.8) is 0 Å². The van der Waals surface area contributed by atoms with Gasteiger partial charge in [0.1, 0.15) is 5.82 Å². The minimum atomic E-state index is -0.433. The van der Waals surface area contributed by atoms with E-state index in [9.17, 15) is 9.18 Å². The smallest absolute Gasteiger partial charge is 0.238 e. The molecule has 2 N–H and O–H groups in total. The van der Waals surface area contributed by atoms with E-state index in [1.165, 1.54) is 17.7 Å². The van der Waals surface area contributed by atoms with Crippen LogP contribution in [0.5, 0.6) is 0 Å². The number of hydrogen-bond donors (Lipinski definition) is 2. The first-order chi connectivity index (χ1) is 10.1. The summed E-state index contributed by atoms with van der Waals surface area (Å²) in [4.78, 5) is 11.8. The predicted octanol–water partition coefficient (Wildman–Crippen LogP) is 3.42. The van der Waals surface area contributed by atoms with E-state index < -0.39 is 5.82 Å². The Labute approximate surface area is 124 Å². The van der Waals surface area contributed by atoms with E-state index in [0.717, 1.165) is 5.56 Å². The number of nitrogens with one attached hydrogen (secondary N) is 2. The van der Waals surface area contributed by atoms with Gasteiger partial charge in [-0.2, -0.15) is 0 Å². The minimum absolute atomic E-state index is 0.0528. The predicted molar refractivity (Wildman–Crippen MR) is 82.6 cm³/mol. The van der Waals surface area contributed by atoms with Gasteiger partial charge >= 0.3 is 0 Å². The number of aryl methyl sites for hydroxylation is 1. The van der Waals surface area contributed by atoms with Crippen LogP contribution in [-0.2, 0) is 4.79 Å². The molecule has 0 fully saturated rings. The van der Waals surface area contributed by atoms with Crippen molar-refractivity contribution in [1.29, 1.82) is 0 Å². The van der Waals surface area contributed by atoms with Crippen LogP contribution in [0.25, 0.3) is 0 Å². The summed E-state index contributed by atoms with van der Waals surface area (Å²) >= 11 is 0. The standard InChI is InChI=1S/C17H19FN2O/c1-12-7-9-14(10-8-12)13(2)19-11-17(21)20-16-6-4-3-5-15(16)18/h3-10,13,19H,11H2,1-2H3,(H,20,21). The van der Waals surface area contributed by atoms with Crippen LogP contribution in [0, 0.1) is 12.7 Å². The van der Waals surface area contributed by atoms with Gasteiger partial charge in [0.05, 0.1) is 12.2 Å². The molecule has 4 heteroatoms. The molecule has 0 saturated carbocycles. The quantitative estimate of drug-likeness (QED) is 0.884. The fourth-order valence-electron chi connectivity index (χ4n) is 1.98. The van der Waals surface area contributed by atoms with Crippen LogP contribution in [0.1, 0.15) is 24.1 Å². The molecular weight excluding hydrogens is 267 g/mol. The normalized spacial score (nSPS) is 12.0. The zero-order valence-corrected chi connectivity index (χ0v) is 12.2. The van der Waals surface area contributed by atoms with E-state index >= 15 is 0 Å². The lowest BCUT2D eigenvalue weighted by molar-refractivity contribution is -0.115. The maximum atomic E-state index is 13.4. The Morgan fingerprint density at radius 2 is 1.81 bits per heavy atom. The molecule has 2 rings (SSSR count). The molecule has 0 radical (unpaired) electrons. The van der Waals surface area contributed by atoms with Gasteiger partial charge in [0.2, 0.25) is 5.91 Å². The molecule has 1 atom stereocenters. The van der Waals surface area contributed by atoms with Crippen molar-refractivity contribution in [3.05, 3.63) is 65.5 Å². The second kappa shape index (κ2) is 6.99. The highest BCUT2D eigenvalue weighted by atomic mass is 19.1. The van der Waals surface area contributed by atoms with Gasteiger partial charge in [-0.3, -0.25) is 4.79 Å². The summed E-state index contributed by atoms with van der Waals surface area (Å²) < 4.78 is 13.4. The van der Waals surface area contributed by atoms with Gasteiger partial charge in [0.15, 0.2) is 0 Å². The first-order valence-corrected chi connectivity index (χ1v) is 6.90. The number of anilines is 1. The van der Waals surface area contributed by atoms with E-state index in [1.807, 2.05) is 38.1 Å². The zero-order valence-electron chi connectivity index (χ0n) is 12.2. The Balaban J connectivity index is 1.86. The molecular formula is C17H19FN2O. The van der Waals surface area contributed by atoms with Crippen molar-refractivity contribution in [2.75, 3.05) is 11.9 Å². The van der Waals surface area contributed by atoms with Crippen molar-refractivity contribution >= 4 is 11.6 Å². The fourth-order valence-corrected chi connectivity index (χ4v) is 1.98. The summed E-state index contributed by atoms with van der Waals surface area (Å²) in [6.07, 6.45) is 0. The van der Waals surface area contributed by atoms with Crippen LogP contribution in [0.2, 0.25) is 0 Å². The van der Waals surface area contributed by atoms with E-state index in [2.05, 4.69) is 10.6 Å². The minimum Gasteiger partial charge on any atom is -0.322 e. The largest absolute Gasteiger partial charge is 0.322 e. The van der Waals surface area contributed by atoms with Crippen LogP contribution in [0.15, 0.2) is 48.5 Å². The highest BCUT2D eigenvalue weighted by Crippen LogP contribution is 2.14. The molecule has 2 aromatic carbocycles. The number of amides is 1. The number of para-hydroxylation sites is 1. The van der Waals surface area contributed by atoms with Gasteiger partial charge in [-0.05, 0) is 31.5 Å². The molecule has 110 valence electrons. The van der Waals surface area contributed by atoms with Crippen LogP contribution < -0.4 is 10.6 Å². The summed E-state index contributed by atoms with van der Waals surface area (Å²) in [7, 11) is 0. The molecule has 0 saturated heterocycles. The molecule has 1 amide bonds. The summed E-state index contributed by atoms with van der Waals surface area (Å²) in [6, 6.07) is 14.3. The van der Waals surface area contributed by atoms with Gasteiger partial charge in [0.25, 0.3) is 0 Å². The third-order valence-corrected chi connectivity index (χ3v) is 3.29. The van der Waals surface area contributed by atoms with Gasteiger partial charge in [-0.25, -0.2) is 4.39 Å². The van der Waals surface area contributed by atoms with E-state index in [1.54, 1.807) is 12.1 Å². The molecule has 0 bridgehead atoms. The number of carbonyl (C=O) groups excluding carboxylic acids is 1. The molecule has 3 nitrogen and oxygen atoms in total. The lowest BCUT2D eigenvalue weighted by Gasteiger charge is -2.14. The van der Waals surface area contributed by atoms with Gasteiger partial charge < -0.3 is 10.6 Å². The average Bonchev–Trinajstić information content (AvgIpc) is 2.48. The second-order valence-corrected chi connectivity index (χ2v) is 5.04. The Morgan fingerprint density at radius 3 is 2.48 bits per heavy atom. The average molecular weight is 286 g/mol. The van der Waals surface area contributed by atoms with Crippen LogP contribution >= 0.6 is 0 Å². The molecule has 0 aliphatic carbocycles. The highest BCUT2D eigenvalue weighted by molar-refractivity contribution is 5.92. The Hall–Kier alpha value is -2.20. The van der Waals surface area contributed by atoms with Gasteiger partial charge in [-0.15, -0.1) is 0 Å². The van der Waals surface area contributed by atoms with E-state index in [-0.39, 0.29) is 24.2 Å². The van der Waals surface area contributed by atoms with Crippen molar-refractivity contribution in [2.24, 2.45) is 0 Å². The highest BCUT2D eigenvalue weighted by Gasteiger charge is 2.09. The third-order valence-electron chi connectivity index (χ3n) is 3.29. The molecule has 21 heavy (non-hydrogen) atoms. The molecule has 0 spiro atoms. The second-order valence-electron chi connectivity index (χ2n) is 5.04. The van der Waals surface area contributed by atoms with E-state index in [4.69, 9.17) is 0 Å². The zero-order chi connectivity index (χ0) is 15.2. The molecule has 2 aromatic rings. The maximum Gasteiger partial charge on any atom is 0.238 e. The summed E-state index contributed by atoms with van der Waals surface area (Å²) in [5.41, 5.74) is 2.51. The number of rotatable bonds is 5. The Kier molecular flexibility index (Phi) is 5.06. The summed E-state index contributed by atoms with van der Waals surface area (Å²) in [5.74, 6) is -0.698. The van der Waals surface area contributed by atoms with Crippen molar-refractivity contribution in [1.82, 2.24) is 5.32 Å². The SMILES string of the molecule is Cc1ccc(C(C)NCC(=O)Nc2ccccc2F)cc1. The number of hydrogen-bond acceptors (Lipinski definition) is 2. The van der Waals surface area contributed by atoms with Crippen molar-refractivity contribution < 1.29 is 9.18 Å². The molecule has 0 aromatic heterocycles. The molecule has 0 aliphatic rings.